The molecular weight excluding hydrogens is 520 g/mol. The Morgan fingerprint density at radius 1 is 1.06 bits per heavy atom. The maximum absolute atomic E-state index is 13.3. The van der Waals surface area contributed by atoms with Crippen LogP contribution in [-0.2, 0) is 16.0 Å². The van der Waals surface area contributed by atoms with Gasteiger partial charge in [-0.15, -0.1) is 0 Å². The largest absolute Gasteiger partial charge is 0.507 e. The van der Waals surface area contributed by atoms with Gasteiger partial charge in [0.2, 0.25) is 0 Å². The van der Waals surface area contributed by atoms with E-state index in [0.717, 1.165) is 37.8 Å². The molecule has 7 heteroatoms. The first-order chi connectivity index (χ1) is 17.4. The lowest BCUT2D eigenvalue weighted by molar-refractivity contribution is -0.139. The van der Waals surface area contributed by atoms with Crippen LogP contribution in [0.4, 0.5) is 0 Å². The van der Waals surface area contributed by atoms with Crippen molar-refractivity contribution in [1.29, 1.82) is 0 Å². The van der Waals surface area contributed by atoms with Gasteiger partial charge in [0, 0.05) is 33.7 Å². The second kappa shape index (κ2) is 9.66. The summed E-state index contributed by atoms with van der Waals surface area (Å²) in [6, 6.07) is 19.8. The number of aromatic nitrogens is 1. The SMILES string of the molecule is COc1ccc2[nH]cc(CCN3C(=O)C(=O)C(=C(O)c4ccc(Br)cc4)[C@H]3c3ccc(C)cc3)c2c1. The van der Waals surface area contributed by atoms with Crippen molar-refractivity contribution in [3.8, 4) is 5.75 Å². The Hall–Kier alpha value is -3.84. The zero-order valence-electron chi connectivity index (χ0n) is 19.9. The van der Waals surface area contributed by atoms with Crippen LogP contribution in [0, 0.1) is 6.92 Å². The average molecular weight is 545 g/mol. The van der Waals surface area contributed by atoms with Crippen molar-refractivity contribution >= 4 is 44.3 Å². The molecule has 4 aromatic rings. The fraction of sp³-hybridized carbons (Fsp3) is 0.172. The van der Waals surface area contributed by atoms with Crippen molar-refractivity contribution in [1.82, 2.24) is 9.88 Å². The monoisotopic (exact) mass is 544 g/mol. The number of aliphatic hydroxyl groups is 1. The van der Waals surface area contributed by atoms with Crippen LogP contribution in [0.1, 0.15) is 28.3 Å². The van der Waals surface area contributed by atoms with Gasteiger partial charge in [-0.2, -0.15) is 0 Å². The van der Waals surface area contributed by atoms with E-state index >= 15 is 0 Å². The van der Waals surface area contributed by atoms with Crippen LogP contribution < -0.4 is 4.74 Å². The first kappa shape index (κ1) is 23.9. The molecule has 6 nitrogen and oxygen atoms in total. The minimum Gasteiger partial charge on any atom is -0.507 e. The smallest absolute Gasteiger partial charge is 0.295 e. The summed E-state index contributed by atoms with van der Waals surface area (Å²) >= 11 is 3.39. The summed E-state index contributed by atoms with van der Waals surface area (Å²) in [5, 5.41) is 12.2. The molecule has 0 radical (unpaired) electrons. The van der Waals surface area contributed by atoms with E-state index in [1.165, 1.54) is 0 Å². The van der Waals surface area contributed by atoms with Gasteiger partial charge >= 0.3 is 0 Å². The highest BCUT2D eigenvalue weighted by atomic mass is 79.9. The number of aryl methyl sites for hydroxylation is 1. The summed E-state index contributed by atoms with van der Waals surface area (Å²) in [6.45, 7) is 2.29. The Labute approximate surface area is 217 Å². The Kier molecular flexibility index (Phi) is 6.41. The van der Waals surface area contributed by atoms with E-state index in [4.69, 9.17) is 4.74 Å². The number of aromatic amines is 1. The minimum atomic E-state index is -0.686. The molecule has 3 aromatic carbocycles. The first-order valence-electron chi connectivity index (χ1n) is 11.6. The molecule has 1 saturated heterocycles. The highest BCUT2D eigenvalue weighted by Crippen LogP contribution is 2.40. The number of nitrogens with one attached hydrogen (secondary N) is 1. The van der Waals surface area contributed by atoms with Gasteiger partial charge in [0.05, 0.1) is 18.7 Å². The van der Waals surface area contributed by atoms with Crippen molar-refractivity contribution in [2.75, 3.05) is 13.7 Å². The second-order valence-corrected chi connectivity index (χ2v) is 9.80. The number of aliphatic hydroxyl groups excluding tert-OH is 1. The number of methoxy groups -OCH3 is 1. The summed E-state index contributed by atoms with van der Waals surface area (Å²) in [5.74, 6) is -0.720. The van der Waals surface area contributed by atoms with E-state index in [-0.39, 0.29) is 11.3 Å². The van der Waals surface area contributed by atoms with Crippen molar-refractivity contribution in [3.05, 3.63) is 105 Å². The Morgan fingerprint density at radius 3 is 2.47 bits per heavy atom. The number of carbonyl (C=O) groups is 2. The Balaban J connectivity index is 1.55. The van der Waals surface area contributed by atoms with Crippen LogP contribution in [0.3, 0.4) is 0 Å². The molecule has 1 amide bonds. The van der Waals surface area contributed by atoms with Gasteiger partial charge in [0.15, 0.2) is 0 Å². The fourth-order valence-corrected chi connectivity index (χ4v) is 4.97. The van der Waals surface area contributed by atoms with E-state index in [2.05, 4.69) is 20.9 Å². The highest BCUT2D eigenvalue weighted by Gasteiger charge is 2.45. The van der Waals surface area contributed by atoms with Gasteiger partial charge in [0.1, 0.15) is 11.5 Å². The summed E-state index contributed by atoms with van der Waals surface area (Å²) in [6.07, 6.45) is 2.45. The molecule has 1 aliphatic rings. The van der Waals surface area contributed by atoms with Crippen molar-refractivity contribution in [3.63, 3.8) is 0 Å². The predicted octanol–water partition coefficient (Wildman–Crippen LogP) is 5.91. The molecule has 0 unspecified atom stereocenters. The number of rotatable bonds is 6. The third-order valence-corrected chi connectivity index (χ3v) is 7.18. The maximum atomic E-state index is 13.3. The number of likely N-dealkylation sites (tertiary alicyclic amines) is 1. The number of hydrogen-bond acceptors (Lipinski definition) is 4. The molecule has 182 valence electrons. The quantitative estimate of drug-likeness (QED) is 0.179. The predicted molar refractivity (Wildman–Crippen MR) is 143 cm³/mol. The number of hydrogen-bond donors (Lipinski definition) is 2. The van der Waals surface area contributed by atoms with Crippen LogP contribution in [0.2, 0.25) is 0 Å². The number of carbonyl (C=O) groups excluding carboxylic acids is 2. The molecule has 0 saturated carbocycles. The van der Waals surface area contributed by atoms with E-state index < -0.39 is 17.7 Å². The van der Waals surface area contributed by atoms with Crippen molar-refractivity contribution in [2.24, 2.45) is 0 Å². The number of amides is 1. The van der Waals surface area contributed by atoms with Gasteiger partial charge in [-0.1, -0.05) is 57.9 Å². The molecule has 2 N–H and O–H groups in total. The molecule has 1 fully saturated rings. The minimum absolute atomic E-state index is 0.103. The first-order valence-corrected chi connectivity index (χ1v) is 12.4. The molecule has 0 spiro atoms. The van der Waals surface area contributed by atoms with Crippen LogP contribution in [0.5, 0.6) is 5.75 Å². The van der Waals surface area contributed by atoms with Gasteiger partial charge in [-0.05, 0) is 54.8 Å². The second-order valence-electron chi connectivity index (χ2n) is 8.89. The van der Waals surface area contributed by atoms with E-state index in [9.17, 15) is 14.7 Å². The number of halogens is 1. The zero-order valence-corrected chi connectivity index (χ0v) is 21.5. The molecule has 5 rings (SSSR count). The maximum Gasteiger partial charge on any atom is 0.295 e. The zero-order chi connectivity index (χ0) is 25.4. The number of ether oxygens (including phenoxy) is 1. The van der Waals surface area contributed by atoms with E-state index in [1.807, 2.05) is 55.6 Å². The van der Waals surface area contributed by atoms with Crippen LogP contribution in [0.15, 0.2) is 83.0 Å². The topological polar surface area (TPSA) is 82.6 Å². The number of Topliss-reactive ketones (excluding diaryl/α,β-unsaturated/α-hetero) is 1. The number of H-pyrrole nitrogens is 1. The van der Waals surface area contributed by atoms with E-state index in [1.54, 1.807) is 36.3 Å². The van der Waals surface area contributed by atoms with Crippen molar-refractivity contribution in [2.45, 2.75) is 19.4 Å². The molecule has 1 aromatic heterocycles. The van der Waals surface area contributed by atoms with Crippen LogP contribution >= 0.6 is 15.9 Å². The van der Waals surface area contributed by atoms with Gasteiger partial charge in [0.25, 0.3) is 11.7 Å². The Morgan fingerprint density at radius 2 is 1.78 bits per heavy atom. The summed E-state index contributed by atoms with van der Waals surface area (Å²) in [7, 11) is 1.62. The van der Waals surface area contributed by atoms with Crippen LogP contribution in [0.25, 0.3) is 16.7 Å². The van der Waals surface area contributed by atoms with Gasteiger partial charge < -0.3 is 19.7 Å². The van der Waals surface area contributed by atoms with Crippen LogP contribution in [-0.4, -0.2) is 40.3 Å². The average Bonchev–Trinajstić information content (AvgIpc) is 3.40. The highest BCUT2D eigenvalue weighted by molar-refractivity contribution is 9.10. The lowest BCUT2D eigenvalue weighted by Gasteiger charge is -2.25. The Bertz CT molecular complexity index is 1490. The molecular formula is C29H25BrN2O4. The third-order valence-electron chi connectivity index (χ3n) is 6.65. The molecule has 2 heterocycles. The normalized spacial score (nSPS) is 17.2. The number of nitrogens with zero attached hydrogens (tertiary/aromatic N) is 1. The fourth-order valence-electron chi connectivity index (χ4n) is 4.70. The number of fused-ring (bicyclic) bond motifs is 1. The van der Waals surface area contributed by atoms with Gasteiger partial charge in [-0.25, -0.2) is 0 Å². The van der Waals surface area contributed by atoms with Gasteiger partial charge in [-0.3, -0.25) is 9.59 Å². The number of benzene rings is 3. The molecule has 36 heavy (non-hydrogen) atoms. The third kappa shape index (κ3) is 4.31. The molecule has 1 aliphatic heterocycles. The number of ketones is 1. The summed E-state index contributed by atoms with van der Waals surface area (Å²) in [5.41, 5.74) is 4.42. The molecule has 0 aliphatic carbocycles. The summed E-state index contributed by atoms with van der Waals surface area (Å²) < 4.78 is 6.22. The standard InChI is InChI=1S/C29H25BrN2O4/c1-17-3-5-18(6-4-17)26-25(27(33)19-7-9-21(30)10-8-19)28(34)29(35)32(26)14-13-20-16-31-24-12-11-22(36-2)15-23(20)24/h3-12,15-16,26,31,33H,13-14H2,1-2H3/t26-/m1/s1. The molecule has 1 atom stereocenters. The summed E-state index contributed by atoms with van der Waals surface area (Å²) in [4.78, 5) is 31.4. The van der Waals surface area contributed by atoms with E-state index in [0.29, 0.717) is 18.5 Å². The molecule has 0 bridgehead atoms. The lowest BCUT2D eigenvalue weighted by atomic mass is 9.94. The van der Waals surface area contributed by atoms with Crippen molar-refractivity contribution < 1.29 is 19.4 Å². The lowest BCUT2D eigenvalue weighted by Crippen LogP contribution is -2.31.